The minimum atomic E-state index is -0.262. The SMILES string of the molecule is Cn1c(=O)cc(C(=O)NCCc2csc(N)n2)c2ccccc21. The van der Waals surface area contributed by atoms with E-state index in [1.807, 2.05) is 29.6 Å². The van der Waals surface area contributed by atoms with Gasteiger partial charge in [0.05, 0.1) is 16.8 Å². The van der Waals surface area contributed by atoms with Crippen LogP contribution in [0.2, 0.25) is 0 Å². The van der Waals surface area contributed by atoms with Crippen LogP contribution in [0.4, 0.5) is 5.13 Å². The molecular formula is C16H16N4O2S. The molecule has 6 nitrogen and oxygen atoms in total. The molecule has 23 heavy (non-hydrogen) atoms. The van der Waals surface area contributed by atoms with Gasteiger partial charge in [0.2, 0.25) is 0 Å². The molecule has 1 aromatic carbocycles. The maximum Gasteiger partial charge on any atom is 0.252 e. The first-order chi connectivity index (χ1) is 11.1. The van der Waals surface area contributed by atoms with E-state index in [4.69, 9.17) is 5.73 Å². The van der Waals surface area contributed by atoms with Crippen molar-refractivity contribution in [2.24, 2.45) is 7.05 Å². The molecule has 3 N–H and O–H groups in total. The van der Waals surface area contributed by atoms with Crippen molar-refractivity contribution < 1.29 is 4.79 Å². The van der Waals surface area contributed by atoms with E-state index < -0.39 is 0 Å². The zero-order valence-corrected chi connectivity index (χ0v) is 13.4. The third kappa shape index (κ3) is 3.09. The number of anilines is 1. The Morgan fingerprint density at radius 1 is 1.39 bits per heavy atom. The van der Waals surface area contributed by atoms with Crippen molar-refractivity contribution in [1.82, 2.24) is 14.9 Å². The van der Waals surface area contributed by atoms with Crippen LogP contribution >= 0.6 is 11.3 Å². The molecule has 0 aliphatic carbocycles. The maximum absolute atomic E-state index is 12.4. The summed E-state index contributed by atoms with van der Waals surface area (Å²) in [6.45, 7) is 0.436. The van der Waals surface area contributed by atoms with Gasteiger partial charge in [-0.3, -0.25) is 9.59 Å². The highest BCUT2D eigenvalue weighted by molar-refractivity contribution is 7.13. The van der Waals surface area contributed by atoms with Crippen LogP contribution in [0.1, 0.15) is 16.1 Å². The molecule has 7 heteroatoms. The van der Waals surface area contributed by atoms with Gasteiger partial charge < -0.3 is 15.6 Å². The number of carbonyl (C=O) groups is 1. The maximum atomic E-state index is 12.4. The molecule has 1 amide bonds. The molecule has 0 bridgehead atoms. The lowest BCUT2D eigenvalue weighted by Crippen LogP contribution is -2.28. The summed E-state index contributed by atoms with van der Waals surface area (Å²) in [6, 6.07) is 8.73. The summed E-state index contributed by atoms with van der Waals surface area (Å²) in [7, 11) is 1.69. The zero-order chi connectivity index (χ0) is 16.4. The number of hydrogen-bond donors (Lipinski definition) is 2. The predicted molar refractivity (Wildman–Crippen MR) is 91.8 cm³/mol. The highest BCUT2D eigenvalue weighted by Crippen LogP contribution is 2.16. The molecule has 3 aromatic rings. The van der Waals surface area contributed by atoms with Gasteiger partial charge in [0, 0.05) is 36.8 Å². The van der Waals surface area contributed by atoms with Crippen molar-refractivity contribution in [2.75, 3.05) is 12.3 Å². The summed E-state index contributed by atoms with van der Waals surface area (Å²) in [5.74, 6) is -0.262. The van der Waals surface area contributed by atoms with Crippen LogP contribution in [-0.4, -0.2) is 22.0 Å². The lowest BCUT2D eigenvalue weighted by Gasteiger charge is -2.10. The fourth-order valence-corrected chi connectivity index (χ4v) is 3.03. The Labute approximate surface area is 136 Å². The number of amides is 1. The highest BCUT2D eigenvalue weighted by Gasteiger charge is 2.13. The van der Waals surface area contributed by atoms with Crippen LogP contribution in [0.25, 0.3) is 10.9 Å². The topological polar surface area (TPSA) is 90.0 Å². The fourth-order valence-electron chi connectivity index (χ4n) is 2.44. The van der Waals surface area contributed by atoms with Crippen LogP contribution in [0, 0.1) is 0 Å². The number of nitrogens with two attached hydrogens (primary N) is 1. The highest BCUT2D eigenvalue weighted by atomic mass is 32.1. The van der Waals surface area contributed by atoms with Crippen molar-refractivity contribution in [3.8, 4) is 0 Å². The molecule has 0 fully saturated rings. The van der Waals surface area contributed by atoms with Crippen LogP contribution in [-0.2, 0) is 13.5 Å². The van der Waals surface area contributed by atoms with Crippen LogP contribution in [0.5, 0.6) is 0 Å². The predicted octanol–water partition coefficient (Wildman–Crippen LogP) is 1.55. The van der Waals surface area contributed by atoms with Gasteiger partial charge >= 0.3 is 0 Å². The summed E-state index contributed by atoms with van der Waals surface area (Å²) in [5, 5.41) is 5.97. The van der Waals surface area contributed by atoms with E-state index in [1.54, 1.807) is 7.05 Å². The summed E-state index contributed by atoms with van der Waals surface area (Å²) >= 11 is 1.37. The van der Waals surface area contributed by atoms with E-state index in [0.717, 1.165) is 16.6 Å². The summed E-state index contributed by atoms with van der Waals surface area (Å²) < 4.78 is 1.53. The van der Waals surface area contributed by atoms with Gasteiger partial charge in [-0.25, -0.2) is 4.98 Å². The number of para-hydroxylation sites is 1. The Morgan fingerprint density at radius 3 is 2.91 bits per heavy atom. The average molecular weight is 328 g/mol. The fraction of sp³-hybridized carbons (Fsp3) is 0.188. The number of fused-ring (bicyclic) bond motifs is 1. The number of carbonyl (C=O) groups excluding carboxylic acids is 1. The molecule has 0 saturated carbocycles. The molecule has 0 aliphatic heterocycles. The zero-order valence-electron chi connectivity index (χ0n) is 12.6. The third-order valence-electron chi connectivity index (χ3n) is 3.63. The van der Waals surface area contributed by atoms with Crippen molar-refractivity contribution >= 4 is 33.3 Å². The van der Waals surface area contributed by atoms with Crippen molar-refractivity contribution in [3.63, 3.8) is 0 Å². The molecular weight excluding hydrogens is 312 g/mol. The van der Waals surface area contributed by atoms with Crippen LogP contribution in [0.3, 0.4) is 0 Å². The number of hydrogen-bond acceptors (Lipinski definition) is 5. The second kappa shape index (κ2) is 6.21. The van der Waals surface area contributed by atoms with E-state index in [0.29, 0.717) is 23.7 Å². The molecule has 2 heterocycles. The van der Waals surface area contributed by atoms with E-state index in [-0.39, 0.29) is 11.5 Å². The average Bonchev–Trinajstić information content (AvgIpc) is 2.96. The molecule has 0 saturated heterocycles. The first-order valence-corrected chi connectivity index (χ1v) is 8.01. The summed E-state index contributed by atoms with van der Waals surface area (Å²) in [4.78, 5) is 28.6. The second-order valence-electron chi connectivity index (χ2n) is 5.16. The van der Waals surface area contributed by atoms with Crippen LogP contribution in [0.15, 0.2) is 40.5 Å². The number of nitrogen functional groups attached to an aromatic ring is 1. The number of rotatable bonds is 4. The third-order valence-corrected chi connectivity index (χ3v) is 4.36. The van der Waals surface area contributed by atoms with Gasteiger partial charge in [-0.15, -0.1) is 11.3 Å². The van der Waals surface area contributed by atoms with E-state index in [9.17, 15) is 9.59 Å². The Morgan fingerprint density at radius 2 is 2.17 bits per heavy atom. The molecule has 118 valence electrons. The molecule has 0 radical (unpaired) electrons. The normalized spacial score (nSPS) is 10.8. The standard InChI is InChI=1S/C16H16N4O2S/c1-20-13-5-3-2-4-11(13)12(8-14(20)21)15(22)18-7-6-10-9-23-16(17)19-10/h2-5,8-9H,6-7H2,1H3,(H2,17,19)(H,18,22). The first-order valence-electron chi connectivity index (χ1n) is 7.13. The Hall–Kier alpha value is -2.67. The Kier molecular flexibility index (Phi) is 4.12. The lowest BCUT2D eigenvalue weighted by atomic mass is 10.1. The molecule has 2 aromatic heterocycles. The molecule has 3 rings (SSSR count). The number of thiazole rings is 1. The van der Waals surface area contributed by atoms with Crippen molar-refractivity contribution in [2.45, 2.75) is 6.42 Å². The quantitative estimate of drug-likeness (QED) is 0.760. The van der Waals surface area contributed by atoms with Gasteiger partial charge in [0.15, 0.2) is 5.13 Å². The number of aryl methyl sites for hydroxylation is 1. The number of nitrogens with one attached hydrogen (secondary N) is 1. The van der Waals surface area contributed by atoms with E-state index in [1.165, 1.54) is 22.0 Å². The van der Waals surface area contributed by atoms with Gasteiger partial charge in [0.1, 0.15) is 0 Å². The Bertz CT molecular complexity index is 929. The van der Waals surface area contributed by atoms with Crippen LogP contribution < -0.4 is 16.6 Å². The van der Waals surface area contributed by atoms with Crippen molar-refractivity contribution in [3.05, 3.63) is 57.3 Å². The van der Waals surface area contributed by atoms with E-state index in [2.05, 4.69) is 10.3 Å². The number of pyridine rings is 1. The monoisotopic (exact) mass is 328 g/mol. The van der Waals surface area contributed by atoms with Gasteiger partial charge in [0.25, 0.3) is 11.5 Å². The molecule has 0 atom stereocenters. The largest absolute Gasteiger partial charge is 0.375 e. The summed E-state index contributed by atoms with van der Waals surface area (Å²) in [5.41, 5.74) is 7.34. The molecule has 0 spiro atoms. The second-order valence-corrected chi connectivity index (χ2v) is 6.05. The first kappa shape index (κ1) is 15.2. The summed E-state index contributed by atoms with van der Waals surface area (Å²) in [6.07, 6.45) is 0.599. The van der Waals surface area contributed by atoms with Crippen molar-refractivity contribution in [1.29, 1.82) is 0 Å². The molecule has 0 aliphatic rings. The molecule has 0 unspecified atom stereocenters. The number of aromatic nitrogens is 2. The van der Waals surface area contributed by atoms with Gasteiger partial charge in [-0.2, -0.15) is 0 Å². The minimum Gasteiger partial charge on any atom is -0.375 e. The smallest absolute Gasteiger partial charge is 0.252 e. The Balaban J connectivity index is 1.81. The van der Waals surface area contributed by atoms with Gasteiger partial charge in [-0.1, -0.05) is 18.2 Å². The lowest BCUT2D eigenvalue weighted by molar-refractivity contribution is 0.0955. The number of nitrogens with zero attached hydrogens (tertiary/aromatic N) is 2. The van der Waals surface area contributed by atoms with E-state index >= 15 is 0 Å². The minimum absolute atomic E-state index is 0.207. The number of benzene rings is 1. The van der Waals surface area contributed by atoms with Gasteiger partial charge in [-0.05, 0) is 6.07 Å².